The summed E-state index contributed by atoms with van der Waals surface area (Å²) in [6.45, 7) is 3.31. The lowest BCUT2D eigenvalue weighted by molar-refractivity contribution is -0.305. The van der Waals surface area contributed by atoms with Crippen LogP contribution in [0.4, 0.5) is 0 Å². The van der Waals surface area contributed by atoms with E-state index in [2.05, 4.69) is 50.3 Å². The van der Waals surface area contributed by atoms with Crippen molar-refractivity contribution in [3.8, 4) is 0 Å². The van der Waals surface area contributed by atoms with Gasteiger partial charge in [-0.15, -0.1) is 0 Å². The predicted molar refractivity (Wildman–Crippen MR) is 201 cm³/mol. The molecule has 0 aromatic heterocycles. The minimum Gasteiger partial charge on any atom is -0.462 e. The zero-order valence-corrected chi connectivity index (χ0v) is 31.8. The molecule has 0 aromatic rings. The van der Waals surface area contributed by atoms with Gasteiger partial charge in [0.05, 0.1) is 13.2 Å². The summed E-state index contributed by atoms with van der Waals surface area (Å²) in [5.74, 6) is -0.839. The van der Waals surface area contributed by atoms with E-state index >= 15 is 0 Å². The lowest BCUT2D eigenvalue weighted by Gasteiger charge is -2.39. The number of aliphatic hydroxyl groups excluding tert-OH is 4. The van der Waals surface area contributed by atoms with E-state index < -0.39 is 55.4 Å². The highest BCUT2D eigenvalue weighted by Gasteiger charge is 2.44. The molecule has 0 saturated carbocycles. The van der Waals surface area contributed by atoms with E-state index in [1.54, 1.807) is 0 Å². The maximum atomic E-state index is 12.7. The Balaban J connectivity index is 2.39. The van der Waals surface area contributed by atoms with E-state index in [1.165, 1.54) is 38.5 Å². The molecule has 1 heterocycles. The topological polar surface area (TPSA) is 152 Å². The summed E-state index contributed by atoms with van der Waals surface area (Å²) in [4.78, 5) is 25.2. The molecule has 0 aliphatic carbocycles. The molecule has 0 aromatic carbocycles. The Bertz CT molecular complexity index is 933. The van der Waals surface area contributed by atoms with Crippen molar-refractivity contribution in [2.75, 3.05) is 19.8 Å². The molecule has 1 rings (SSSR count). The van der Waals surface area contributed by atoms with Crippen LogP contribution in [0.5, 0.6) is 0 Å². The monoisotopic (exact) mass is 725 g/mol. The lowest BCUT2D eigenvalue weighted by atomic mass is 9.99. The summed E-state index contributed by atoms with van der Waals surface area (Å²) in [5.41, 5.74) is 0. The maximum absolute atomic E-state index is 12.7. The smallest absolute Gasteiger partial charge is 0.306 e. The second-order valence-electron chi connectivity index (χ2n) is 13.8. The van der Waals surface area contributed by atoms with Crippen LogP contribution in [-0.2, 0) is 28.5 Å². The van der Waals surface area contributed by atoms with Gasteiger partial charge in [-0.3, -0.25) is 9.59 Å². The lowest BCUT2D eigenvalue weighted by Crippen LogP contribution is -2.59. The fraction of sp³-hybridized carbons (Fsp3) is 0.805. The fourth-order valence-electron chi connectivity index (χ4n) is 5.75. The van der Waals surface area contributed by atoms with Gasteiger partial charge in [-0.1, -0.05) is 121 Å². The van der Waals surface area contributed by atoms with Gasteiger partial charge >= 0.3 is 11.9 Å². The molecular formula is C41H72O10. The number of unbranched alkanes of at least 4 members (excludes halogenated alkanes) is 16. The number of hydrogen-bond acceptors (Lipinski definition) is 10. The zero-order chi connectivity index (χ0) is 37.4. The van der Waals surface area contributed by atoms with Crippen LogP contribution >= 0.6 is 0 Å². The van der Waals surface area contributed by atoms with Gasteiger partial charge in [-0.05, 0) is 57.8 Å². The second kappa shape index (κ2) is 32.6. The van der Waals surface area contributed by atoms with Gasteiger partial charge in [0.1, 0.15) is 31.0 Å². The Morgan fingerprint density at radius 2 is 1.12 bits per heavy atom. The molecule has 10 heteroatoms. The van der Waals surface area contributed by atoms with Crippen LogP contribution in [-0.4, -0.2) is 89.0 Å². The van der Waals surface area contributed by atoms with E-state index in [4.69, 9.17) is 18.9 Å². The molecule has 2 unspecified atom stereocenters. The molecule has 0 amide bonds. The molecule has 0 radical (unpaired) electrons. The normalized spacial score (nSPS) is 21.6. The summed E-state index contributed by atoms with van der Waals surface area (Å²) in [7, 11) is 0. The molecule has 6 atom stereocenters. The Hall–Kier alpha value is -2.08. The molecule has 0 bridgehead atoms. The first-order valence-corrected chi connectivity index (χ1v) is 20.1. The zero-order valence-electron chi connectivity index (χ0n) is 31.8. The van der Waals surface area contributed by atoms with Crippen molar-refractivity contribution in [1.82, 2.24) is 0 Å². The van der Waals surface area contributed by atoms with Gasteiger partial charge in [0.25, 0.3) is 0 Å². The molecule has 4 N–H and O–H groups in total. The first kappa shape index (κ1) is 46.9. The van der Waals surface area contributed by atoms with Crippen molar-refractivity contribution in [2.24, 2.45) is 0 Å². The largest absolute Gasteiger partial charge is 0.462 e. The van der Waals surface area contributed by atoms with Crippen LogP contribution < -0.4 is 0 Å². The first-order valence-electron chi connectivity index (χ1n) is 20.1. The third-order valence-electron chi connectivity index (χ3n) is 9.03. The third-order valence-corrected chi connectivity index (χ3v) is 9.03. The van der Waals surface area contributed by atoms with Gasteiger partial charge < -0.3 is 39.4 Å². The highest BCUT2D eigenvalue weighted by molar-refractivity contribution is 5.70. The number of allylic oxidation sites excluding steroid dienone is 6. The van der Waals surface area contributed by atoms with E-state index in [0.717, 1.165) is 77.0 Å². The summed E-state index contributed by atoms with van der Waals surface area (Å²) in [6, 6.07) is 0. The molecule has 1 aliphatic heterocycles. The van der Waals surface area contributed by atoms with Crippen molar-refractivity contribution in [1.29, 1.82) is 0 Å². The quantitative estimate of drug-likeness (QED) is 0.0237. The number of ether oxygens (including phenoxy) is 4. The molecular weight excluding hydrogens is 652 g/mol. The molecule has 10 nitrogen and oxygen atoms in total. The number of aliphatic hydroxyl groups is 4. The number of rotatable bonds is 32. The number of hydrogen-bond donors (Lipinski definition) is 4. The van der Waals surface area contributed by atoms with E-state index in [0.29, 0.717) is 12.8 Å². The van der Waals surface area contributed by atoms with E-state index in [1.807, 2.05) is 0 Å². The van der Waals surface area contributed by atoms with Crippen molar-refractivity contribution in [2.45, 2.75) is 192 Å². The predicted octanol–water partition coefficient (Wildman–Crippen LogP) is 7.55. The average Bonchev–Trinajstić information content (AvgIpc) is 3.13. The average molecular weight is 725 g/mol. The molecule has 51 heavy (non-hydrogen) atoms. The van der Waals surface area contributed by atoms with Gasteiger partial charge in [0, 0.05) is 12.8 Å². The van der Waals surface area contributed by atoms with Crippen LogP contribution in [0, 0.1) is 0 Å². The second-order valence-corrected chi connectivity index (χ2v) is 13.8. The van der Waals surface area contributed by atoms with Gasteiger partial charge in [0.15, 0.2) is 12.4 Å². The van der Waals surface area contributed by atoms with Crippen LogP contribution in [0.25, 0.3) is 0 Å². The Morgan fingerprint density at radius 3 is 1.71 bits per heavy atom. The highest BCUT2D eigenvalue weighted by atomic mass is 16.7. The Kier molecular flexibility index (Phi) is 30.0. The van der Waals surface area contributed by atoms with Crippen molar-refractivity contribution < 1.29 is 49.0 Å². The molecule has 1 fully saturated rings. The number of carbonyl (C=O) groups excluding carboxylic acids is 2. The summed E-state index contributed by atoms with van der Waals surface area (Å²) < 4.78 is 22.0. The first-order chi connectivity index (χ1) is 24.8. The SMILES string of the molecule is CCCC/C=C/CCCCCCCC(=O)O[C@@H](COC(=O)CCCCCCC/C=C/C=C/CCCCCC)CO[C@H]1O[C@@H](CO)[C@@H](O)C(O)C1O. The Labute approximate surface area is 308 Å². The summed E-state index contributed by atoms with van der Waals surface area (Å²) in [5, 5.41) is 39.9. The maximum Gasteiger partial charge on any atom is 0.306 e. The number of carbonyl (C=O) groups is 2. The van der Waals surface area contributed by atoms with Crippen LogP contribution in [0.1, 0.15) is 155 Å². The standard InChI is InChI=1S/C41H72O10/c1-3-5-7-9-11-13-15-16-17-18-20-21-23-25-27-29-36(43)48-32-34(33-49-41-40(47)39(46)38(45)35(31-42)51-41)50-37(44)30-28-26-24-22-19-14-12-10-8-6-4-2/h10,12-13,15-17,34-35,38-42,45-47H,3-9,11,14,18-33H2,1-2H3/b12-10+,15-13+,17-16+/t34-,35-,38+,39?,40?,41-/m0/s1. The Morgan fingerprint density at radius 1 is 0.608 bits per heavy atom. The molecule has 1 aliphatic rings. The summed E-state index contributed by atoms with van der Waals surface area (Å²) >= 11 is 0. The van der Waals surface area contributed by atoms with Gasteiger partial charge in [-0.2, -0.15) is 0 Å². The molecule has 1 saturated heterocycles. The minimum atomic E-state index is -1.60. The van der Waals surface area contributed by atoms with Crippen molar-refractivity contribution >= 4 is 11.9 Å². The fourth-order valence-corrected chi connectivity index (χ4v) is 5.75. The van der Waals surface area contributed by atoms with Crippen LogP contribution in [0.15, 0.2) is 36.5 Å². The van der Waals surface area contributed by atoms with Gasteiger partial charge in [0.2, 0.25) is 0 Å². The van der Waals surface area contributed by atoms with Crippen LogP contribution in [0.2, 0.25) is 0 Å². The summed E-state index contributed by atoms with van der Waals surface area (Å²) in [6.07, 6.45) is 27.2. The van der Waals surface area contributed by atoms with E-state index in [-0.39, 0.29) is 26.1 Å². The third kappa shape index (κ3) is 24.7. The minimum absolute atomic E-state index is 0.215. The van der Waals surface area contributed by atoms with Crippen molar-refractivity contribution in [3.63, 3.8) is 0 Å². The van der Waals surface area contributed by atoms with Crippen molar-refractivity contribution in [3.05, 3.63) is 36.5 Å². The van der Waals surface area contributed by atoms with Gasteiger partial charge in [-0.25, -0.2) is 0 Å². The molecule has 0 spiro atoms. The highest BCUT2D eigenvalue weighted by Crippen LogP contribution is 2.22. The molecule has 296 valence electrons. The van der Waals surface area contributed by atoms with Crippen LogP contribution in [0.3, 0.4) is 0 Å². The van der Waals surface area contributed by atoms with E-state index in [9.17, 15) is 30.0 Å². The number of esters is 2.